The molecule has 4 rings (SSSR count). The second-order valence-electron chi connectivity index (χ2n) is 8.48. The molecule has 2 N–H and O–H groups in total. The van der Waals surface area contributed by atoms with Gasteiger partial charge in [-0.05, 0) is 47.9 Å². The highest BCUT2D eigenvalue weighted by molar-refractivity contribution is 6.10. The van der Waals surface area contributed by atoms with Gasteiger partial charge >= 0.3 is 6.03 Å². The highest BCUT2D eigenvalue weighted by atomic mass is 19.1. The predicted molar refractivity (Wildman–Crippen MR) is 141 cm³/mol. The summed E-state index contributed by atoms with van der Waals surface area (Å²) in [6.07, 6.45) is 0. The molecule has 0 aromatic heterocycles. The van der Waals surface area contributed by atoms with E-state index in [-0.39, 0.29) is 5.69 Å². The number of hydrogen-bond acceptors (Lipinski definition) is 4. The number of anilines is 1. The van der Waals surface area contributed by atoms with E-state index in [1.54, 1.807) is 44.2 Å². The van der Waals surface area contributed by atoms with Crippen molar-refractivity contribution in [3.63, 3.8) is 0 Å². The minimum Gasteiger partial charge on any atom is -0.497 e. The zero-order chi connectivity index (χ0) is 27.1. The summed E-state index contributed by atoms with van der Waals surface area (Å²) in [5, 5.41) is 5.25. The average molecular weight is 506 g/mol. The number of nitrogens with zero attached hydrogens (tertiary/aromatic N) is 1. The zero-order valence-electron chi connectivity index (χ0n) is 21.6. The van der Waals surface area contributed by atoms with Gasteiger partial charge in [0.15, 0.2) is 0 Å². The minimum atomic E-state index is -1.21. The SMILES string of the molecule is CC.COc1ccc([C@H]2NC(=O)N(C(C(=O)Nc3ccc(C)cc3F)C(C)c3ccccc3)C2=O)cc1. The third kappa shape index (κ3) is 5.97. The lowest BCUT2D eigenvalue weighted by Gasteiger charge is -2.30. The number of halogens is 1. The molecule has 1 fully saturated rings. The molecule has 37 heavy (non-hydrogen) atoms. The second kappa shape index (κ2) is 12.2. The zero-order valence-corrected chi connectivity index (χ0v) is 21.6. The first-order valence-corrected chi connectivity index (χ1v) is 12.2. The molecule has 2 unspecified atom stereocenters. The lowest BCUT2D eigenvalue weighted by molar-refractivity contribution is -0.134. The normalized spacial score (nSPS) is 16.3. The van der Waals surface area contributed by atoms with E-state index in [1.165, 1.54) is 19.2 Å². The minimum absolute atomic E-state index is 0.0235. The number of nitrogens with one attached hydrogen (secondary N) is 2. The summed E-state index contributed by atoms with van der Waals surface area (Å²) in [7, 11) is 1.53. The topological polar surface area (TPSA) is 87.7 Å². The molecular weight excluding hydrogens is 473 g/mol. The lowest BCUT2D eigenvalue weighted by Crippen LogP contribution is -2.50. The number of hydrogen-bond donors (Lipinski definition) is 2. The van der Waals surface area contributed by atoms with Crippen LogP contribution in [-0.2, 0) is 9.59 Å². The summed E-state index contributed by atoms with van der Waals surface area (Å²) in [4.78, 5) is 41.0. The summed E-state index contributed by atoms with van der Waals surface area (Å²) in [5.41, 5.74) is 1.99. The smallest absolute Gasteiger partial charge is 0.325 e. The largest absolute Gasteiger partial charge is 0.497 e. The molecule has 3 aromatic carbocycles. The molecule has 0 saturated carbocycles. The molecule has 1 heterocycles. The quantitative estimate of drug-likeness (QED) is 0.411. The number of imide groups is 1. The number of urea groups is 1. The van der Waals surface area contributed by atoms with Gasteiger partial charge in [-0.2, -0.15) is 0 Å². The van der Waals surface area contributed by atoms with Crippen LogP contribution in [0.5, 0.6) is 5.75 Å². The van der Waals surface area contributed by atoms with E-state index in [4.69, 9.17) is 4.74 Å². The number of methoxy groups -OCH3 is 1. The number of benzene rings is 3. The highest BCUT2D eigenvalue weighted by Crippen LogP contribution is 2.31. The van der Waals surface area contributed by atoms with Crippen molar-refractivity contribution in [1.29, 1.82) is 0 Å². The molecule has 0 aliphatic carbocycles. The fourth-order valence-corrected chi connectivity index (χ4v) is 4.21. The summed E-state index contributed by atoms with van der Waals surface area (Å²) < 4.78 is 19.6. The van der Waals surface area contributed by atoms with Crippen LogP contribution in [0.3, 0.4) is 0 Å². The first kappa shape index (κ1) is 27.4. The van der Waals surface area contributed by atoms with Crippen LogP contribution in [0.4, 0.5) is 14.9 Å². The van der Waals surface area contributed by atoms with Crippen LogP contribution in [0.15, 0.2) is 72.8 Å². The summed E-state index contributed by atoms with van der Waals surface area (Å²) >= 11 is 0. The molecule has 1 aliphatic rings. The maximum absolute atomic E-state index is 14.5. The molecule has 3 atom stereocenters. The Morgan fingerprint density at radius 1 is 1.03 bits per heavy atom. The first-order valence-electron chi connectivity index (χ1n) is 12.2. The molecular formula is C29H32FN3O4. The Balaban J connectivity index is 0.00000186. The van der Waals surface area contributed by atoms with Gasteiger partial charge in [-0.3, -0.25) is 9.59 Å². The Kier molecular flexibility index (Phi) is 9.00. The van der Waals surface area contributed by atoms with E-state index < -0.39 is 41.7 Å². The van der Waals surface area contributed by atoms with Gasteiger partial charge in [0.2, 0.25) is 5.91 Å². The number of aryl methyl sites for hydroxylation is 1. The van der Waals surface area contributed by atoms with Crippen LogP contribution in [0.2, 0.25) is 0 Å². The highest BCUT2D eigenvalue weighted by Gasteiger charge is 2.47. The van der Waals surface area contributed by atoms with Crippen molar-refractivity contribution < 1.29 is 23.5 Å². The third-order valence-corrected chi connectivity index (χ3v) is 6.15. The maximum Gasteiger partial charge on any atom is 0.325 e. The third-order valence-electron chi connectivity index (χ3n) is 6.15. The number of carbonyl (C=O) groups excluding carboxylic acids is 3. The molecule has 8 heteroatoms. The Bertz CT molecular complexity index is 1250. The van der Waals surface area contributed by atoms with Gasteiger partial charge in [-0.1, -0.05) is 69.3 Å². The van der Waals surface area contributed by atoms with E-state index in [2.05, 4.69) is 10.6 Å². The number of ether oxygens (including phenoxy) is 1. The van der Waals surface area contributed by atoms with Crippen molar-refractivity contribution in [2.75, 3.05) is 12.4 Å². The van der Waals surface area contributed by atoms with Crippen molar-refractivity contribution >= 4 is 23.5 Å². The lowest BCUT2D eigenvalue weighted by atomic mass is 9.91. The monoisotopic (exact) mass is 505 g/mol. The molecule has 0 radical (unpaired) electrons. The Labute approximate surface area is 216 Å². The average Bonchev–Trinajstić information content (AvgIpc) is 3.21. The van der Waals surface area contributed by atoms with E-state index in [0.29, 0.717) is 16.9 Å². The fraction of sp³-hybridized carbons (Fsp3) is 0.276. The van der Waals surface area contributed by atoms with Crippen molar-refractivity contribution in [2.24, 2.45) is 0 Å². The number of rotatable bonds is 7. The van der Waals surface area contributed by atoms with Crippen LogP contribution < -0.4 is 15.4 Å². The number of carbonyl (C=O) groups is 3. The molecule has 194 valence electrons. The molecule has 1 saturated heterocycles. The van der Waals surface area contributed by atoms with Crippen molar-refractivity contribution in [3.8, 4) is 5.75 Å². The van der Waals surface area contributed by atoms with Crippen LogP contribution in [-0.4, -0.2) is 35.9 Å². The van der Waals surface area contributed by atoms with Crippen LogP contribution in [0, 0.1) is 12.7 Å². The molecule has 0 bridgehead atoms. The van der Waals surface area contributed by atoms with Gasteiger partial charge in [0, 0.05) is 5.92 Å². The summed E-state index contributed by atoms with van der Waals surface area (Å²) in [6.45, 7) is 7.49. The van der Waals surface area contributed by atoms with Gasteiger partial charge in [-0.25, -0.2) is 14.1 Å². The van der Waals surface area contributed by atoms with Gasteiger partial charge in [-0.15, -0.1) is 0 Å². The Morgan fingerprint density at radius 2 is 1.68 bits per heavy atom. The molecule has 0 spiro atoms. The second-order valence-corrected chi connectivity index (χ2v) is 8.48. The Hall–Kier alpha value is -4.20. The standard InChI is InChI=1S/C27H26FN3O4.C2H6/c1-16-9-14-22(21(28)15-16)29-25(32)24(17(2)18-7-5-4-6-8-18)31-26(33)23(30-27(31)34)19-10-12-20(35-3)13-11-19;1-2/h4-15,17,23-24H,1-3H3,(H,29,32)(H,30,34);1-2H3/t17?,23-,24?;/m1./s1. The van der Waals surface area contributed by atoms with Gasteiger partial charge < -0.3 is 15.4 Å². The maximum atomic E-state index is 14.5. The van der Waals surface area contributed by atoms with E-state index >= 15 is 0 Å². The van der Waals surface area contributed by atoms with E-state index in [9.17, 15) is 18.8 Å². The molecule has 1 aliphatic heterocycles. The fourth-order valence-electron chi connectivity index (χ4n) is 4.21. The Morgan fingerprint density at radius 3 is 2.27 bits per heavy atom. The van der Waals surface area contributed by atoms with E-state index in [0.717, 1.165) is 10.5 Å². The van der Waals surface area contributed by atoms with Crippen molar-refractivity contribution in [1.82, 2.24) is 10.2 Å². The summed E-state index contributed by atoms with van der Waals surface area (Å²) in [5.74, 6) is -1.78. The number of amides is 4. The van der Waals surface area contributed by atoms with Crippen molar-refractivity contribution in [3.05, 3.63) is 95.3 Å². The van der Waals surface area contributed by atoms with Gasteiger partial charge in [0.05, 0.1) is 12.8 Å². The van der Waals surface area contributed by atoms with Crippen molar-refractivity contribution in [2.45, 2.75) is 45.7 Å². The summed E-state index contributed by atoms with van der Waals surface area (Å²) in [6, 6.07) is 17.4. The van der Waals surface area contributed by atoms with Gasteiger partial charge in [0.25, 0.3) is 5.91 Å². The van der Waals surface area contributed by atoms with Gasteiger partial charge in [0.1, 0.15) is 23.7 Å². The predicted octanol–water partition coefficient (Wildman–Crippen LogP) is 5.57. The van der Waals surface area contributed by atoms with Crippen LogP contribution >= 0.6 is 0 Å². The molecule has 7 nitrogen and oxygen atoms in total. The van der Waals surface area contributed by atoms with E-state index in [1.807, 2.05) is 44.2 Å². The van der Waals surface area contributed by atoms with Crippen LogP contribution in [0.25, 0.3) is 0 Å². The first-order chi connectivity index (χ1) is 17.8. The van der Waals surface area contributed by atoms with Crippen LogP contribution in [0.1, 0.15) is 49.4 Å². The molecule has 3 aromatic rings. The molecule has 4 amide bonds.